The average molecular weight is 278 g/mol. The largest absolute Gasteiger partial charge is 0.343 e. The summed E-state index contributed by atoms with van der Waals surface area (Å²) in [4.78, 5) is 26.2. The minimum absolute atomic E-state index is 0.0942. The van der Waals surface area contributed by atoms with Crippen molar-refractivity contribution in [1.29, 1.82) is 0 Å². The van der Waals surface area contributed by atoms with E-state index in [9.17, 15) is 14.9 Å². The Bertz CT molecular complexity index is 604. The summed E-state index contributed by atoms with van der Waals surface area (Å²) in [7, 11) is 0. The molecule has 0 saturated carbocycles. The molecule has 2 aromatic rings. The number of amides is 1. The predicted octanol–water partition coefficient (Wildman–Crippen LogP) is 0.854. The van der Waals surface area contributed by atoms with Crippen LogP contribution in [0.15, 0.2) is 18.6 Å². The number of aromatic nitrogens is 4. The number of rotatable bonds is 6. The molecule has 0 spiro atoms. The Morgan fingerprint density at radius 3 is 3.00 bits per heavy atom. The lowest BCUT2D eigenvalue weighted by Crippen LogP contribution is -2.25. The quantitative estimate of drug-likeness (QED) is 0.599. The fourth-order valence-electron chi connectivity index (χ4n) is 1.78. The molecule has 20 heavy (non-hydrogen) atoms. The number of aryl methyl sites for hydroxylation is 1. The molecule has 0 fully saturated rings. The van der Waals surface area contributed by atoms with E-state index in [4.69, 9.17) is 0 Å². The van der Waals surface area contributed by atoms with E-state index in [1.165, 1.54) is 18.6 Å². The molecule has 106 valence electrons. The predicted molar refractivity (Wildman–Crippen MR) is 68.9 cm³/mol. The highest BCUT2D eigenvalue weighted by molar-refractivity contribution is 5.93. The van der Waals surface area contributed by atoms with Gasteiger partial charge < -0.3 is 9.88 Å². The summed E-state index contributed by atoms with van der Waals surface area (Å²) in [6.07, 6.45) is 3.48. The van der Waals surface area contributed by atoms with E-state index in [0.717, 1.165) is 6.42 Å². The SMILES string of the molecule is CCCn1cc([N+](=O)[O-])cc1C(=O)NCc1ncn[nH]1. The van der Waals surface area contributed by atoms with Gasteiger partial charge in [-0.2, -0.15) is 5.10 Å². The lowest BCUT2D eigenvalue weighted by molar-refractivity contribution is -0.384. The fourth-order valence-corrected chi connectivity index (χ4v) is 1.78. The third-order valence-electron chi connectivity index (χ3n) is 2.67. The first-order valence-electron chi connectivity index (χ1n) is 6.08. The maximum atomic E-state index is 12.1. The summed E-state index contributed by atoms with van der Waals surface area (Å²) < 4.78 is 1.58. The van der Waals surface area contributed by atoms with Crippen LogP contribution in [-0.2, 0) is 13.1 Å². The number of carbonyl (C=O) groups excluding carboxylic acids is 1. The first-order chi connectivity index (χ1) is 9.61. The van der Waals surface area contributed by atoms with Gasteiger partial charge in [-0.3, -0.25) is 20.0 Å². The number of aromatic amines is 1. The molecule has 0 unspecified atom stereocenters. The molecule has 1 amide bonds. The van der Waals surface area contributed by atoms with Gasteiger partial charge in [0.2, 0.25) is 0 Å². The second-order valence-corrected chi connectivity index (χ2v) is 4.15. The molecule has 0 aliphatic rings. The molecule has 0 aromatic carbocycles. The number of hydrogen-bond donors (Lipinski definition) is 2. The van der Waals surface area contributed by atoms with Gasteiger partial charge in [0.05, 0.1) is 17.7 Å². The molecular weight excluding hydrogens is 264 g/mol. The van der Waals surface area contributed by atoms with Crippen molar-refractivity contribution in [3.8, 4) is 0 Å². The minimum Gasteiger partial charge on any atom is -0.343 e. The number of H-pyrrole nitrogens is 1. The van der Waals surface area contributed by atoms with Crippen LogP contribution < -0.4 is 5.32 Å². The molecule has 0 aliphatic heterocycles. The summed E-state index contributed by atoms with van der Waals surface area (Å²) >= 11 is 0. The molecule has 0 aliphatic carbocycles. The van der Waals surface area contributed by atoms with Crippen molar-refractivity contribution in [2.45, 2.75) is 26.4 Å². The maximum Gasteiger partial charge on any atom is 0.287 e. The molecule has 0 bridgehead atoms. The normalized spacial score (nSPS) is 10.4. The van der Waals surface area contributed by atoms with Crippen molar-refractivity contribution in [2.75, 3.05) is 0 Å². The van der Waals surface area contributed by atoms with Gasteiger partial charge in [0.1, 0.15) is 17.8 Å². The van der Waals surface area contributed by atoms with Crippen LogP contribution in [0.5, 0.6) is 0 Å². The molecule has 0 saturated heterocycles. The number of nitrogens with zero attached hydrogens (tertiary/aromatic N) is 4. The molecule has 2 rings (SSSR count). The highest BCUT2D eigenvalue weighted by atomic mass is 16.6. The van der Waals surface area contributed by atoms with E-state index in [-0.39, 0.29) is 23.8 Å². The molecule has 2 heterocycles. The number of hydrogen-bond acceptors (Lipinski definition) is 5. The lowest BCUT2D eigenvalue weighted by Gasteiger charge is -2.06. The molecule has 9 nitrogen and oxygen atoms in total. The van der Waals surface area contributed by atoms with Gasteiger partial charge in [-0.25, -0.2) is 4.98 Å². The summed E-state index contributed by atoms with van der Waals surface area (Å²) in [5, 5.41) is 19.7. The van der Waals surface area contributed by atoms with Gasteiger partial charge in [-0.05, 0) is 6.42 Å². The number of carbonyl (C=O) groups is 1. The Labute approximate surface area is 114 Å². The monoisotopic (exact) mass is 278 g/mol. The second-order valence-electron chi connectivity index (χ2n) is 4.15. The van der Waals surface area contributed by atoms with Gasteiger partial charge >= 0.3 is 0 Å². The van der Waals surface area contributed by atoms with Crippen LogP contribution in [-0.4, -0.2) is 30.6 Å². The topological polar surface area (TPSA) is 119 Å². The zero-order valence-electron chi connectivity index (χ0n) is 10.9. The van der Waals surface area contributed by atoms with Crippen molar-refractivity contribution < 1.29 is 9.72 Å². The Balaban J connectivity index is 2.13. The Morgan fingerprint density at radius 2 is 2.40 bits per heavy atom. The van der Waals surface area contributed by atoms with E-state index in [1.54, 1.807) is 4.57 Å². The fraction of sp³-hybridized carbons (Fsp3) is 0.364. The zero-order chi connectivity index (χ0) is 14.5. The van der Waals surface area contributed by atoms with E-state index < -0.39 is 4.92 Å². The Morgan fingerprint density at radius 1 is 1.60 bits per heavy atom. The van der Waals surface area contributed by atoms with E-state index in [0.29, 0.717) is 12.4 Å². The van der Waals surface area contributed by atoms with Crippen LogP contribution in [0.1, 0.15) is 29.7 Å². The van der Waals surface area contributed by atoms with E-state index in [2.05, 4.69) is 20.5 Å². The molecule has 2 N–H and O–H groups in total. The third-order valence-corrected chi connectivity index (χ3v) is 2.67. The molecular formula is C11H14N6O3. The summed E-state index contributed by atoms with van der Waals surface area (Å²) in [5.41, 5.74) is 0.168. The van der Waals surface area contributed by atoms with Gasteiger partial charge in [0.25, 0.3) is 11.6 Å². The minimum atomic E-state index is -0.514. The van der Waals surface area contributed by atoms with Crippen molar-refractivity contribution in [2.24, 2.45) is 0 Å². The van der Waals surface area contributed by atoms with Crippen LogP contribution in [0.3, 0.4) is 0 Å². The number of nitro groups is 1. The van der Waals surface area contributed by atoms with Crippen LogP contribution in [0.4, 0.5) is 5.69 Å². The first kappa shape index (κ1) is 13.7. The summed E-state index contributed by atoms with van der Waals surface area (Å²) in [5.74, 6) is 0.129. The van der Waals surface area contributed by atoms with Crippen LogP contribution >= 0.6 is 0 Å². The molecule has 0 atom stereocenters. The maximum absolute atomic E-state index is 12.1. The summed E-state index contributed by atoms with van der Waals surface area (Å²) in [6, 6.07) is 1.27. The van der Waals surface area contributed by atoms with Crippen LogP contribution in [0.25, 0.3) is 0 Å². The zero-order valence-corrected chi connectivity index (χ0v) is 10.9. The molecule has 9 heteroatoms. The van der Waals surface area contributed by atoms with Crippen molar-refractivity contribution in [1.82, 2.24) is 25.1 Å². The van der Waals surface area contributed by atoms with Gasteiger partial charge in [-0.1, -0.05) is 6.92 Å². The Kier molecular flexibility index (Phi) is 4.08. The first-order valence-corrected chi connectivity index (χ1v) is 6.08. The standard InChI is InChI=1S/C11H14N6O3/c1-2-3-16-6-8(17(19)20)4-9(16)11(18)12-5-10-13-7-14-15-10/h4,6-7H,2-3,5H2,1H3,(H,12,18)(H,13,14,15). The van der Waals surface area contributed by atoms with E-state index >= 15 is 0 Å². The smallest absolute Gasteiger partial charge is 0.287 e. The van der Waals surface area contributed by atoms with Gasteiger partial charge in [0, 0.05) is 12.6 Å². The molecule has 0 radical (unpaired) electrons. The third kappa shape index (κ3) is 2.99. The van der Waals surface area contributed by atoms with Crippen molar-refractivity contribution in [3.63, 3.8) is 0 Å². The highest BCUT2D eigenvalue weighted by Gasteiger charge is 2.18. The van der Waals surface area contributed by atoms with Gasteiger partial charge in [-0.15, -0.1) is 0 Å². The Hall–Kier alpha value is -2.71. The van der Waals surface area contributed by atoms with E-state index in [1.807, 2.05) is 6.92 Å². The van der Waals surface area contributed by atoms with Gasteiger partial charge in [0.15, 0.2) is 0 Å². The molecule has 2 aromatic heterocycles. The second kappa shape index (κ2) is 5.95. The summed E-state index contributed by atoms with van der Waals surface area (Å²) in [6.45, 7) is 2.66. The van der Waals surface area contributed by atoms with Crippen LogP contribution in [0, 0.1) is 10.1 Å². The van der Waals surface area contributed by atoms with Crippen LogP contribution in [0.2, 0.25) is 0 Å². The highest BCUT2D eigenvalue weighted by Crippen LogP contribution is 2.17. The van der Waals surface area contributed by atoms with Crippen molar-refractivity contribution in [3.05, 3.63) is 40.2 Å². The van der Waals surface area contributed by atoms with Crippen molar-refractivity contribution >= 4 is 11.6 Å². The number of nitrogens with one attached hydrogen (secondary N) is 2. The lowest BCUT2D eigenvalue weighted by atomic mass is 10.3. The average Bonchev–Trinajstić information content (AvgIpc) is 3.05.